The van der Waals surface area contributed by atoms with Crippen LogP contribution in [0.15, 0.2) is 24.3 Å². The molecule has 82 valence electrons. The highest BCUT2D eigenvalue weighted by atomic mass is 15.2. The number of fused-ring (bicyclic) bond motifs is 2. The summed E-state index contributed by atoms with van der Waals surface area (Å²) in [6, 6.07) is 11.7. The summed E-state index contributed by atoms with van der Waals surface area (Å²) in [5, 5.41) is 8.79. The lowest BCUT2D eigenvalue weighted by Crippen LogP contribution is -2.31. The van der Waals surface area contributed by atoms with Crippen molar-refractivity contribution in [2.75, 3.05) is 7.05 Å². The van der Waals surface area contributed by atoms with Gasteiger partial charge in [0, 0.05) is 12.1 Å². The van der Waals surface area contributed by atoms with Crippen LogP contribution in [0.5, 0.6) is 0 Å². The normalized spacial score (nSPS) is 32.9. The number of benzene rings is 1. The van der Waals surface area contributed by atoms with Gasteiger partial charge in [-0.15, -0.1) is 0 Å². The molecule has 0 spiro atoms. The van der Waals surface area contributed by atoms with Gasteiger partial charge in [-0.3, -0.25) is 4.90 Å². The second-order valence-electron chi connectivity index (χ2n) is 5.07. The van der Waals surface area contributed by atoms with E-state index in [0.717, 1.165) is 17.5 Å². The highest BCUT2D eigenvalue weighted by molar-refractivity contribution is 5.34. The fourth-order valence-electron chi connectivity index (χ4n) is 3.47. The first-order valence-corrected chi connectivity index (χ1v) is 6.01. The fraction of sp³-hybridized carbons (Fsp3) is 0.500. The molecule has 1 aromatic carbocycles. The Hall–Kier alpha value is -1.33. The largest absolute Gasteiger partial charge is 0.296 e. The molecule has 3 rings (SSSR count). The number of nitriles is 1. The Morgan fingerprint density at radius 3 is 2.56 bits per heavy atom. The summed E-state index contributed by atoms with van der Waals surface area (Å²) in [7, 11) is 2.24. The Morgan fingerprint density at radius 2 is 2.00 bits per heavy atom. The summed E-state index contributed by atoms with van der Waals surface area (Å²) in [4.78, 5) is 2.52. The third-order valence-corrected chi connectivity index (χ3v) is 4.29. The van der Waals surface area contributed by atoms with Gasteiger partial charge >= 0.3 is 0 Å². The van der Waals surface area contributed by atoms with Gasteiger partial charge in [-0.2, -0.15) is 5.26 Å². The fourth-order valence-corrected chi connectivity index (χ4v) is 3.47. The molecule has 0 aromatic heterocycles. The number of likely N-dealkylation sites (tertiary alicyclic amines) is 1. The summed E-state index contributed by atoms with van der Waals surface area (Å²) in [5.41, 5.74) is 2.14. The van der Waals surface area contributed by atoms with E-state index >= 15 is 0 Å². The predicted molar refractivity (Wildman–Crippen MR) is 62.8 cm³/mol. The van der Waals surface area contributed by atoms with Crippen LogP contribution in [-0.4, -0.2) is 18.0 Å². The Labute approximate surface area is 96.5 Å². The molecular formula is C14H16N2. The van der Waals surface area contributed by atoms with Gasteiger partial charge in [0.05, 0.1) is 11.6 Å². The monoisotopic (exact) mass is 212 g/mol. The Balaban J connectivity index is 1.90. The summed E-state index contributed by atoms with van der Waals surface area (Å²) in [6.07, 6.45) is 4.11. The molecular weight excluding hydrogens is 196 g/mol. The average Bonchev–Trinajstić information content (AvgIpc) is 2.90. The molecule has 1 heterocycles. The van der Waals surface area contributed by atoms with Crippen molar-refractivity contribution < 1.29 is 0 Å². The van der Waals surface area contributed by atoms with Gasteiger partial charge in [0.2, 0.25) is 0 Å². The smallest absolute Gasteiger partial charge is 0.0991 e. The molecule has 0 N–H and O–H groups in total. The van der Waals surface area contributed by atoms with Crippen molar-refractivity contribution in [3.8, 4) is 6.07 Å². The van der Waals surface area contributed by atoms with Crippen LogP contribution in [0.25, 0.3) is 0 Å². The molecule has 3 atom stereocenters. The van der Waals surface area contributed by atoms with E-state index in [2.05, 4.69) is 30.1 Å². The Morgan fingerprint density at radius 1 is 1.25 bits per heavy atom. The first-order chi connectivity index (χ1) is 7.79. The second-order valence-corrected chi connectivity index (χ2v) is 5.07. The van der Waals surface area contributed by atoms with Crippen LogP contribution in [0.2, 0.25) is 0 Å². The average molecular weight is 212 g/mol. The molecule has 2 fully saturated rings. The molecule has 2 aliphatic rings. The quantitative estimate of drug-likeness (QED) is 0.715. The summed E-state index contributed by atoms with van der Waals surface area (Å²) < 4.78 is 0. The van der Waals surface area contributed by atoms with Gasteiger partial charge in [-0.05, 0) is 49.9 Å². The van der Waals surface area contributed by atoms with Gasteiger partial charge in [0.25, 0.3) is 0 Å². The van der Waals surface area contributed by atoms with E-state index in [4.69, 9.17) is 5.26 Å². The van der Waals surface area contributed by atoms with Crippen molar-refractivity contribution in [1.29, 1.82) is 5.26 Å². The molecule has 2 bridgehead atoms. The lowest BCUT2D eigenvalue weighted by Gasteiger charge is -2.32. The van der Waals surface area contributed by atoms with Crippen molar-refractivity contribution in [2.24, 2.45) is 5.92 Å². The maximum Gasteiger partial charge on any atom is 0.0991 e. The van der Waals surface area contributed by atoms with Crippen LogP contribution in [0.4, 0.5) is 0 Å². The molecule has 16 heavy (non-hydrogen) atoms. The lowest BCUT2D eigenvalue weighted by atomic mass is 9.92. The molecule has 3 unspecified atom stereocenters. The first kappa shape index (κ1) is 9.86. The van der Waals surface area contributed by atoms with Crippen LogP contribution in [0.3, 0.4) is 0 Å². The van der Waals surface area contributed by atoms with Crippen LogP contribution in [0, 0.1) is 17.2 Å². The van der Waals surface area contributed by atoms with E-state index in [1.165, 1.54) is 24.8 Å². The zero-order valence-electron chi connectivity index (χ0n) is 9.56. The highest BCUT2D eigenvalue weighted by Gasteiger charge is 2.44. The zero-order chi connectivity index (χ0) is 11.1. The summed E-state index contributed by atoms with van der Waals surface area (Å²) in [6.45, 7) is 0. The molecule has 0 radical (unpaired) electrons. The van der Waals surface area contributed by atoms with Gasteiger partial charge < -0.3 is 0 Å². The van der Waals surface area contributed by atoms with Gasteiger partial charge in [-0.25, -0.2) is 0 Å². The van der Waals surface area contributed by atoms with E-state index in [9.17, 15) is 0 Å². The zero-order valence-corrected chi connectivity index (χ0v) is 9.56. The molecule has 0 amide bonds. The van der Waals surface area contributed by atoms with Crippen molar-refractivity contribution in [3.63, 3.8) is 0 Å². The van der Waals surface area contributed by atoms with Crippen LogP contribution in [-0.2, 0) is 0 Å². The van der Waals surface area contributed by atoms with Crippen molar-refractivity contribution in [2.45, 2.75) is 31.3 Å². The minimum atomic E-state index is 0.589. The second kappa shape index (κ2) is 3.61. The van der Waals surface area contributed by atoms with Crippen LogP contribution < -0.4 is 0 Å². The molecule has 2 nitrogen and oxygen atoms in total. The van der Waals surface area contributed by atoms with Crippen LogP contribution in [0.1, 0.15) is 36.4 Å². The molecule has 1 saturated carbocycles. The minimum absolute atomic E-state index is 0.589. The third kappa shape index (κ3) is 1.36. The first-order valence-electron chi connectivity index (χ1n) is 6.01. The minimum Gasteiger partial charge on any atom is -0.296 e. The number of piperidine rings is 1. The standard InChI is InChI=1S/C14H16N2/c1-16-13-7-6-12(8-13)14(16)11-4-2-10(9-15)3-5-11/h2-5,12-14H,6-8H2,1H3. The summed E-state index contributed by atoms with van der Waals surface area (Å²) in [5.74, 6) is 0.836. The van der Waals surface area contributed by atoms with Crippen LogP contribution >= 0.6 is 0 Å². The SMILES string of the molecule is CN1C2CCC(C2)C1c1ccc(C#N)cc1. The van der Waals surface area contributed by atoms with Crippen molar-refractivity contribution >= 4 is 0 Å². The van der Waals surface area contributed by atoms with E-state index in [0.29, 0.717) is 6.04 Å². The molecule has 1 aromatic rings. The number of hydrogen-bond donors (Lipinski definition) is 0. The lowest BCUT2D eigenvalue weighted by molar-refractivity contribution is 0.177. The molecule has 1 aliphatic heterocycles. The topological polar surface area (TPSA) is 27.0 Å². The number of nitrogens with zero attached hydrogens (tertiary/aromatic N) is 2. The predicted octanol–water partition coefficient (Wildman–Crippen LogP) is 2.71. The number of hydrogen-bond acceptors (Lipinski definition) is 2. The Kier molecular flexibility index (Phi) is 2.22. The van der Waals surface area contributed by atoms with E-state index in [-0.39, 0.29) is 0 Å². The third-order valence-electron chi connectivity index (χ3n) is 4.29. The molecule has 1 aliphatic carbocycles. The van der Waals surface area contributed by atoms with E-state index in [1.54, 1.807) is 0 Å². The van der Waals surface area contributed by atoms with E-state index < -0.39 is 0 Å². The molecule has 1 saturated heterocycles. The summed E-state index contributed by atoms with van der Waals surface area (Å²) >= 11 is 0. The maximum atomic E-state index is 8.79. The van der Waals surface area contributed by atoms with Crippen molar-refractivity contribution in [3.05, 3.63) is 35.4 Å². The van der Waals surface area contributed by atoms with E-state index in [1.807, 2.05) is 12.1 Å². The molecule has 2 heteroatoms. The van der Waals surface area contributed by atoms with Gasteiger partial charge in [0.1, 0.15) is 0 Å². The highest BCUT2D eigenvalue weighted by Crippen LogP contribution is 2.49. The number of rotatable bonds is 1. The van der Waals surface area contributed by atoms with Gasteiger partial charge in [0.15, 0.2) is 0 Å². The van der Waals surface area contributed by atoms with Crippen molar-refractivity contribution in [1.82, 2.24) is 4.90 Å². The van der Waals surface area contributed by atoms with Gasteiger partial charge in [-0.1, -0.05) is 12.1 Å². The maximum absolute atomic E-state index is 8.79. The Bertz CT molecular complexity index is 427.